The number of nitrogens with one attached hydrogen (secondary N) is 1. The van der Waals surface area contributed by atoms with Crippen molar-refractivity contribution in [2.45, 2.75) is 77.1 Å². The Morgan fingerprint density at radius 2 is 1.86 bits per heavy atom. The largest absolute Gasteiger partial charge is 0.444 e. The summed E-state index contributed by atoms with van der Waals surface area (Å²) in [6.45, 7) is 6.03. The van der Waals surface area contributed by atoms with Gasteiger partial charge in [0, 0.05) is 24.6 Å². The summed E-state index contributed by atoms with van der Waals surface area (Å²) < 4.78 is 5.61. The van der Waals surface area contributed by atoms with Crippen molar-refractivity contribution in [3.63, 3.8) is 0 Å². The molecule has 1 aliphatic carbocycles. The van der Waals surface area contributed by atoms with Gasteiger partial charge in [-0.2, -0.15) is 5.26 Å². The fourth-order valence-corrected chi connectivity index (χ4v) is 6.04. The zero-order valence-corrected chi connectivity index (χ0v) is 21.6. The number of piperidine rings is 1. The second kappa shape index (κ2) is 9.66. The van der Waals surface area contributed by atoms with Gasteiger partial charge in [0.2, 0.25) is 0 Å². The highest BCUT2D eigenvalue weighted by atomic mass is 16.6. The monoisotopic (exact) mass is 499 g/mol. The molecule has 4 atom stereocenters. The molecule has 2 heterocycles. The predicted octanol–water partition coefficient (Wildman–Crippen LogP) is 5.03. The number of ether oxygens (including phenoxy) is 1. The molecular weight excluding hydrogens is 466 g/mol. The summed E-state index contributed by atoms with van der Waals surface area (Å²) in [5.74, 6) is -0.382. The van der Waals surface area contributed by atoms with Crippen molar-refractivity contribution >= 4 is 17.8 Å². The summed E-state index contributed by atoms with van der Waals surface area (Å²) >= 11 is 0. The Bertz CT molecular complexity index is 1270. The first-order valence-corrected chi connectivity index (χ1v) is 13.1. The van der Waals surface area contributed by atoms with E-state index in [-0.39, 0.29) is 30.1 Å². The van der Waals surface area contributed by atoms with E-state index in [0.717, 1.165) is 47.1 Å². The van der Waals surface area contributed by atoms with Crippen LogP contribution >= 0.6 is 0 Å². The molecule has 5 rings (SSSR count). The lowest BCUT2D eigenvalue weighted by Gasteiger charge is -2.35. The molecule has 2 fully saturated rings. The summed E-state index contributed by atoms with van der Waals surface area (Å²) in [6.07, 6.45) is 2.84. The van der Waals surface area contributed by atoms with Crippen LogP contribution in [0, 0.1) is 23.2 Å². The predicted molar refractivity (Wildman–Crippen MR) is 138 cm³/mol. The molecule has 2 aliphatic heterocycles. The second-order valence-electron chi connectivity index (χ2n) is 11.5. The Morgan fingerprint density at radius 1 is 1.14 bits per heavy atom. The van der Waals surface area contributed by atoms with Gasteiger partial charge in [-0.05, 0) is 86.8 Å². The van der Waals surface area contributed by atoms with Gasteiger partial charge < -0.3 is 10.1 Å². The standard InChI is InChI=1S/C30H33N3O4/c1-30(2,3)37-29(36)33-24-10-8-22(15-24)27(33)26(34)13-19(16-31)12-18-4-6-20(7-5-18)21-9-11-25-23(14-21)17-32-28(25)35/h4-7,9,11,14,19,22,24,27H,8,10,12-13,15,17H2,1-3H3,(H,32,35)/t19-,22+,24-,27+/m1/s1. The summed E-state index contributed by atoms with van der Waals surface area (Å²) in [4.78, 5) is 39.8. The number of carbonyl (C=O) groups is 3. The van der Waals surface area contributed by atoms with Crippen molar-refractivity contribution in [2.24, 2.45) is 11.8 Å². The quantitative estimate of drug-likeness (QED) is 0.601. The van der Waals surface area contributed by atoms with Crippen LogP contribution in [0.5, 0.6) is 0 Å². The first kappa shape index (κ1) is 25.0. The SMILES string of the molecule is CC(C)(C)OC(=O)N1[C@@H]2CC[C@@H](C2)[C@H]1C(=O)C[C@H](C#N)Cc1ccc(-c2ccc3c(c2)CNC3=O)cc1. The molecule has 0 unspecified atom stereocenters. The Labute approximate surface area is 217 Å². The lowest BCUT2D eigenvalue weighted by molar-refractivity contribution is -0.126. The normalized spacial score (nSPS) is 22.8. The Hall–Kier alpha value is -3.66. The highest BCUT2D eigenvalue weighted by molar-refractivity contribution is 5.98. The summed E-state index contributed by atoms with van der Waals surface area (Å²) in [5, 5.41) is 12.7. The number of carbonyl (C=O) groups excluding carboxylic acids is 3. The first-order valence-electron chi connectivity index (χ1n) is 13.1. The number of ketones is 1. The minimum absolute atomic E-state index is 0.0337. The van der Waals surface area contributed by atoms with E-state index < -0.39 is 23.7 Å². The molecule has 7 nitrogen and oxygen atoms in total. The third-order valence-corrected chi connectivity index (χ3v) is 7.71. The number of Topliss-reactive ketones (excluding diaryl/α,β-unsaturated/α-hetero) is 1. The van der Waals surface area contributed by atoms with Gasteiger partial charge in [-0.3, -0.25) is 14.5 Å². The average molecular weight is 500 g/mol. The molecule has 1 N–H and O–H groups in total. The molecule has 2 bridgehead atoms. The number of hydrogen-bond donors (Lipinski definition) is 1. The van der Waals surface area contributed by atoms with Crippen molar-refractivity contribution in [1.29, 1.82) is 5.26 Å². The van der Waals surface area contributed by atoms with E-state index in [4.69, 9.17) is 4.74 Å². The smallest absolute Gasteiger partial charge is 0.411 e. The number of nitriles is 1. The maximum atomic E-state index is 13.4. The van der Waals surface area contributed by atoms with Crippen LogP contribution in [0.25, 0.3) is 11.1 Å². The zero-order valence-electron chi connectivity index (χ0n) is 21.6. The Kier molecular flexibility index (Phi) is 6.53. The van der Waals surface area contributed by atoms with E-state index in [1.54, 1.807) is 4.90 Å². The van der Waals surface area contributed by atoms with Gasteiger partial charge in [0.15, 0.2) is 5.78 Å². The topological polar surface area (TPSA) is 99.5 Å². The summed E-state index contributed by atoms with van der Waals surface area (Å²) in [5.41, 5.74) is 4.15. The lowest BCUT2D eigenvalue weighted by Crippen LogP contribution is -2.51. The third kappa shape index (κ3) is 5.11. The number of fused-ring (bicyclic) bond motifs is 3. The van der Waals surface area contributed by atoms with Gasteiger partial charge in [0.1, 0.15) is 5.60 Å². The lowest BCUT2D eigenvalue weighted by atomic mass is 9.87. The van der Waals surface area contributed by atoms with E-state index in [2.05, 4.69) is 11.4 Å². The zero-order chi connectivity index (χ0) is 26.3. The van der Waals surface area contributed by atoms with Crippen LogP contribution in [-0.2, 0) is 22.5 Å². The summed E-state index contributed by atoms with van der Waals surface area (Å²) in [7, 11) is 0. The molecule has 7 heteroatoms. The van der Waals surface area contributed by atoms with Crippen molar-refractivity contribution < 1.29 is 19.1 Å². The number of amides is 2. The fourth-order valence-electron chi connectivity index (χ4n) is 6.04. The Morgan fingerprint density at radius 3 is 2.57 bits per heavy atom. The molecule has 192 valence electrons. The minimum Gasteiger partial charge on any atom is -0.444 e. The number of hydrogen-bond acceptors (Lipinski definition) is 5. The number of likely N-dealkylation sites (tertiary alicyclic amines) is 1. The maximum absolute atomic E-state index is 13.4. The minimum atomic E-state index is -0.623. The highest BCUT2D eigenvalue weighted by Crippen LogP contribution is 2.44. The molecule has 2 aromatic rings. The van der Waals surface area contributed by atoms with Crippen LogP contribution in [0.1, 0.15) is 67.9 Å². The second-order valence-corrected chi connectivity index (χ2v) is 11.5. The van der Waals surface area contributed by atoms with Crippen LogP contribution in [-0.4, -0.2) is 40.4 Å². The Balaban J connectivity index is 1.24. The molecule has 37 heavy (non-hydrogen) atoms. The molecule has 0 aromatic heterocycles. The van der Waals surface area contributed by atoms with Crippen LogP contribution in [0.4, 0.5) is 4.79 Å². The van der Waals surface area contributed by atoms with Gasteiger partial charge >= 0.3 is 6.09 Å². The van der Waals surface area contributed by atoms with Gasteiger partial charge in [0.25, 0.3) is 5.91 Å². The third-order valence-electron chi connectivity index (χ3n) is 7.71. The van der Waals surface area contributed by atoms with E-state index in [0.29, 0.717) is 13.0 Å². The highest BCUT2D eigenvalue weighted by Gasteiger charge is 2.52. The van der Waals surface area contributed by atoms with Crippen LogP contribution in [0.15, 0.2) is 42.5 Å². The fraction of sp³-hybridized carbons (Fsp3) is 0.467. The molecule has 0 spiro atoms. The van der Waals surface area contributed by atoms with Crippen molar-refractivity contribution in [1.82, 2.24) is 10.2 Å². The molecular formula is C30H33N3O4. The molecule has 0 radical (unpaired) electrons. The molecule has 2 amide bonds. The van der Waals surface area contributed by atoms with E-state index >= 15 is 0 Å². The maximum Gasteiger partial charge on any atom is 0.411 e. The number of benzene rings is 2. The van der Waals surface area contributed by atoms with Gasteiger partial charge in [-0.1, -0.05) is 30.3 Å². The van der Waals surface area contributed by atoms with Gasteiger partial charge in [0.05, 0.1) is 18.0 Å². The summed E-state index contributed by atoms with van der Waals surface area (Å²) in [6, 6.07) is 15.7. The van der Waals surface area contributed by atoms with Crippen molar-refractivity contribution in [2.75, 3.05) is 0 Å². The molecule has 2 aromatic carbocycles. The number of rotatable bonds is 6. The van der Waals surface area contributed by atoms with Crippen LogP contribution in [0.3, 0.4) is 0 Å². The average Bonchev–Trinajstić information content (AvgIpc) is 3.57. The van der Waals surface area contributed by atoms with Crippen molar-refractivity contribution in [3.05, 3.63) is 59.2 Å². The molecule has 1 saturated heterocycles. The first-order chi connectivity index (χ1) is 17.6. The van der Waals surface area contributed by atoms with Crippen LogP contribution in [0.2, 0.25) is 0 Å². The van der Waals surface area contributed by atoms with Crippen molar-refractivity contribution in [3.8, 4) is 17.2 Å². The molecule has 1 saturated carbocycles. The van der Waals surface area contributed by atoms with E-state index in [1.165, 1.54) is 0 Å². The molecule has 3 aliphatic rings. The number of nitrogens with zero attached hydrogens (tertiary/aromatic N) is 2. The van der Waals surface area contributed by atoms with E-state index in [1.807, 2.05) is 63.2 Å². The van der Waals surface area contributed by atoms with Gasteiger partial charge in [-0.15, -0.1) is 0 Å². The van der Waals surface area contributed by atoms with E-state index in [9.17, 15) is 19.6 Å². The van der Waals surface area contributed by atoms with Crippen LogP contribution < -0.4 is 5.32 Å². The van der Waals surface area contributed by atoms with Gasteiger partial charge in [-0.25, -0.2) is 4.79 Å².